The molecule has 1 nitrogen and oxygen atoms in total. The van der Waals surface area contributed by atoms with Crippen molar-refractivity contribution < 1.29 is 9.18 Å². The number of ketones is 1. The minimum atomic E-state index is -0.435. The van der Waals surface area contributed by atoms with Crippen molar-refractivity contribution in [3.8, 4) is 0 Å². The Labute approximate surface area is 67.3 Å². The summed E-state index contributed by atoms with van der Waals surface area (Å²) in [5, 5.41) is 0. The molecule has 0 saturated heterocycles. The molecule has 0 unspecified atom stereocenters. The van der Waals surface area contributed by atoms with Gasteiger partial charge in [0.05, 0.1) is 6.67 Å². The van der Waals surface area contributed by atoms with Crippen LogP contribution in [0.3, 0.4) is 0 Å². The summed E-state index contributed by atoms with van der Waals surface area (Å²) in [6.45, 7) is 4.83. The molecular formula is C9H15FO. The second kappa shape index (κ2) is 4.27. The average molecular weight is 158 g/mol. The lowest BCUT2D eigenvalue weighted by Gasteiger charge is -2.14. The van der Waals surface area contributed by atoms with Gasteiger partial charge in [-0.2, -0.15) is 0 Å². The number of allylic oxidation sites excluding steroid dienone is 2. The van der Waals surface area contributed by atoms with Gasteiger partial charge in [-0.25, -0.2) is 0 Å². The fourth-order valence-corrected chi connectivity index (χ4v) is 0.558. The second-order valence-corrected chi connectivity index (χ2v) is 3.16. The molecule has 0 amide bonds. The van der Waals surface area contributed by atoms with Crippen LogP contribution in [-0.4, -0.2) is 12.5 Å². The molecule has 0 rings (SSSR count). The summed E-state index contributed by atoms with van der Waals surface area (Å²) < 4.78 is 11.6. The number of rotatable bonds is 4. The molecule has 64 valence electrons. The summed E-state index contributed by atoms with van der Waals surface area (Å²) in [5.74, 6) is 0.104. The van der Waals surface area contributed by atoms with Gasteiger partial charge in [0.2, 0.25) is 0 Å². The molecule has 0 N–H and O–H groups in total. The molecule has 0 heterocycles. The van der Waals surface area contributed by atoms with E-state index in [1.165, 1.54) is 0 Å². The number of alkyl halides is 1. The van der Waals surface area contributed by atoms with Crippen LogP contribution in [0.4, 0.5) is 4.39 Å². The Hall–Kier alpha value is -0.660. The number of carbonyl (C=O) groups excluding carboxylic acids is 1. The van der Waals surface area contributed by atoms with E-state index in [0.29, 0.717) is 6.42 Å². The van der Waals surface area contributed by atoms with Gasteiger partial charge in [0, 0.05) is 5.41 Å². The van der Waals surface area contributed by atoms with Crippen molar-refractivity contribution in [3.05, 3.63) is 12.2 Å². The Morgan fingerprint density at radius 1 is 1.55 bits per heavy atom. The zero-order valence-electron chi connectivity index (χ0n) is 7.36. The molecule has 0 aromatic rings. The van der Waals surface area contributed by atoms with Gasteiger partial charge in [-0.05, 0) is 27.2 Å². The molecule has 0 aromatic heterocycles. The Kier molecular flexibility index (Phi) is 4.01. The van der Waals surface area contributed by atoms with Crippen LogP contribution in [0.1, 0.15) is 27.2 Å². The summed E-state index contributed by atoms with van der Waals surface area (Å²) in [7, 11) is 0. The smallest absolute Gasteiger partial charge is 0.139 e. The van der Waals surface area contributed by atoms with Gasteiger partial charge < -0.3 is 0 Å². The summed E-state index contributed by atoms with van der Waals surface area (Å²) >= 11 is 0. The lowest BCUT2D eigenvalue weighted by molar-refractivity contribution is -0.122. The van der Waals surface area contributed by atoms with E-state index in [1.807, 2.05) is 13.8 Å². The first-order valence-electron chi connectivity index (χ1n) is 3.75. The van der Waals surface area contributed by atoms with Crippen molar-refractivity contribution in [2.75, 3.05) is 6.67 Å². The number of hydrogen-bond donors (Lipinski definition) is 0. The molecule has 0 aliphatic rings. The number of carbonyl (C=O) groups is 1. The van der Waals surface area contributed by atoms with Crippen LogP contribution in [0.5, 0.6) is 0 Å². The van der Waals surface area contributed by atoms with Gasteiger partial charge in [0.25, 0.3) is 0 Å². The molecule has 0 aliphatic carbocycles. The van der Waals surface area contributed by atoms with Crippen LogP contribution in [0, 0.1) is 5.41 Å². The SMILES string of the molecule is CC(=O)C(C)(C)/C=C/CCF. The monoisotopic (exact) mass is 158 g/mol. The lowest BCUT2D eigenvalue weighted by Crippen LogP contribution is -2.17. The van der Waals surface area contributed by atoms with Crippen molar-refractivity contribution in [2.24, 2.45) is 5.41 Å². The van der Waals surface area contributed by atoms with Crippen molar-refractivity contribution in [2.45, 2.75) is 27.2 Å². The van der Waals surface area contributed by atoms with E-state index in [4.69, 9.17) is 0 Å². The molecule has 0 radical (unpaired) electrons. The molecule has 0 fully saturated rings. The van der Waals surface area contributed by atoms with E-state index in [9.17, 15) is 9.18 Å². The molecule has 0 aromatic carbocycles. The summed E-state index contributed by atoms with van der Waals surface area (Å²) in [5.41, 5.74) is -0.435. The van der Waals surface area contributed by atoms with Crippen LogP contribution in [0.15, 0.2) is 12.2 Å². The van der Waals surface area contributed by atoms with Crippen molar-refractivity contribution in [1.29, 1.82) is 0 Å². The Morgan fingerprint density at radius 2 is 2.09 bits per heavy atom. The quantitative estimate of drug-likeness (QED) is 0.574. The predicted molar refractivity (Wildman–Crippen MR) is 44.2 cm³/mol. The Balaban J connectivity index is 4.00. The van der Waals surface area contributed by atoms with Gasteiger partial charge in [-0.15, -0.1) is 0 Å². The minimum absolute atomic E-state index is 0.104. The van der Waals surface area contributed by atoms with E-state index in [-0.39, 0.29) is 12.5 Å². The van der Waals surface area contributed by atoms with Gasteiger partial charge in [-0.3, -0.25) is 9.18 Å². The summed E-state index contributed by atoms with van der Waals surface area (Å²) in [6, 6.07) is 0. The fourth-order valence-electron chi connectivity index (χ4n) is 0.558. The highest BCUT2D eigenvalue weighted by Crippen LogP contribution is 2.18. The Morgan fingerprint density at radius 3 is 2.45 bits per heavy atom. The van der Waals surface area contributed by atoms with Gasteiger partial charge >= 0.3 is 0 Å². The topological polar surface area (TPSA) is 17.1 Å². The maximum atomic E-state index is 11.6. The molecule has 11 heavy (non-hydrogen) atoms. The highest BCUT2D eigenvalue weighted by Gasteiger charge is 2.18. The van der Waals surface area contributed by atoms with E-state index < -0.39 is 5.41 Å². The average Bonchev–Trinajstić information content (AvgIpc) is 1.88. The zero-order valence-corrected chi connectivity index (χ0v) is 7.36. The van der Waals surface area contributed by atoms with E-state index in [2.05, 4.69) is 0 Å². The van der Waals surface area contributed by atoms with Crippen LogP contribution < -0.4 is 0 Å². The third kappa shape index (κ3) is 3.91. The highest BCUT2D eigenvalue weighted by atomic mass is 19.1. The van der Waals surface area contributed by atoms with E-state index in [1.54, 1.807) is 19.1 Å². The molecule has 0 saturated carbocycles. The largest absolute Gasteiger partial charge is 0.299 e. The van der Waals surface area contributed by atoms with Crippen LogP contribution in [0.2, 0.25) is 0 Å². The first-order chi connectivity index (χ1) is 5.00. The van der Waals surface area contributed by atoms with Crippen LogP contribution >= 0.6 is 0 Å². The van der Waals surface area contributed by atoms with Crippen molar-refractivity contribution >= 4 is 5.78 Å². The molecular weight excluding hydrogens is 143 g/mol. The normalized spacial score (nSPS) is 12.4. The zero-order chi connectivity index (χ0) is 8.91. The molecule has 2 heteroatoms. The number of halogens is 1. The molecule has 0 atom stereocenters. The number of Topliss-reactive ketones (excluding diaryl/α,β-unsaturated/α-hetero) is 1. The fraction of sp³-hybridized carbons (Fsp3) is 0.667. The first kappa shape index (κ1) is 10.3. The van der Waals surface area contributed by atoms with Crippen LogP contribution in [0.25, 0.3) is 0 Å². The highest BCUT2D eigenvalue weighted by molar-refractivity contribution is 5.83. The molecule has 0 spiro atoms. The second-order valence-electron chi connectivity index (χ2n) is 3.16. The third-order valence-electron chi connectivity index (χ3n) is 1.72. The van der Waals surface area contributed by atoms with Gasteiger partial charge in [-0.1, -0.05) is 12.2 Å². The molecule has 0 aliphatic heterocycles. The minimum Gasteiger partial charge on any atom is -0.299 e. The van der Waals surface area contributed by atoms with Gasteiger partial charge in [0.15, 0.2) is 0 Å². The lowest BCUT2D eigenvalue weighted by atomic mass is 9.88. The number of hydrogen-bond acceptors (Lipinski definition) is 1. The van der Waals surface area contributed by atoms with E-state index >= 15 is 0 Å². The third-order valence-corrected chi connectivity index (χ3v) is 1.72. The summed E-state index contributed by atoms with van der Waals surface area (Å²) in [6.07, 6.45) is 3.87. The summed E-state index contributed by atoms with van der Waals surface area (Å²) in [4.78, 5) is 10.9. The maximum absolute atomic E-state index is 11.6. The van der Waals surface area contributed by atoms with Crippen molar-refractivity contribution in [3.63, 3.8) is 0 Å². The predicted octanol–water partition coefficient (Wildman–Crippen LogP) is 2.52. The maximum Gasteiger partial charge on any atom is 0.139 e. The molecule has 0 bridgehead atoms. The first-order valence-corrected chi connectivity index (χ1v) is 3.75. The van der Waals surface area contributed by atoms with Crippen LogP contribution in [-0.2, 0) is 4.79 Å². The van der Waals surface area contributed by atoms with Crippen molar-refractivity contribution in [1.82, 2.24) is 0 Å². The Bertz CT molecular complexity index is 159. The van der Waals surface area contributed by atoms with E-state index in [0.717, 1.165) is 0 Å². The van der Waals surface area contributed by atoms with Gasteiger partial charge in [0.1, 0.15) is 5.78 Å². The standard InChI is InChI=1S/C9H15FO/c1-8(11)9(2,3)6-4-5-7-10/h4,6H,5,7H2,1-3H3/b6-4+.